The van der Waals surface area contributed by atoms with Gasteiger partial charge in [-0.05, 0) is 44.9 Å². The molecule has 0 aliphatic heterocycles. The van der Waals surface area contributed by atoms with Crippen LogP contribution in [0.5, 0.6) is 5.75 Å². The van der Waals surface area contributed by atoms with E-state index < -0.39 is 5.60 Å². The Labute approximate surface area is 145 Å². The van der Waals surface area contributed by atoms with Crippen molar-refractivity contribution >= 4 is 11.6 Å². The summed E-state index contributed by atoms with van der Waals surface area (Å²) in [5, 5.41) is 12.2. The van der Waals surface area contributed by atoms with Crippen molar-refractivity contribution in [2.24, 2.45) is 0 Å². The fourth-order valence-corrected chi connectivity index (χ4v) is 2.37. The van der Waals surface area contributed by atoms with Gasteiger partial charge in [-0.25, -0.2) is 0 Å². The van der Waals surface area contributed by atoms with Gasteiger partial charge in [0.2, 0.25) is 0 Å². The third-order valence-corrected chi connectivity index (χ3v) is 3.78. The van der Waals surface area contributed by atoms with Crippen molar-refractivity contribution in [1.82, 2.24) is 0 Å². The number of carbonyl (C=O) groups excluding carboxylic acids is 1. The molecule has 0 aliphatic rings. The van der Waals surface area contributed by atoms with E-state index in [0.29, 0.717) is 36.6 Å². The molecule has 132 valence electrons. The first-order chi connectivity index (χ1) is 11.5. The Bertz CT molecular complexity index is 580. The summed E-state index contributed by atoms with van der Waals surface area (Å²) in [4.78, 5) is 12.7. The molecule has 0 bridgehead atoms. The van der Waals surface area contributed by atoms with E-state index in [1.807, 2.05) is 13.8 Å². The molecule has 0 heterocycles. The van der Waals surface area contributed by atoms with E-state index in [1.165, 1.54) is 0 Å². The van der Waals surface area contributed by atoms with Crippen LogP contribution in [0.2, 0.25) is 0 Å². The van der Waals surface area contributed by atoms with Crippen molar-refractivity contribution in [3.8, 4) is 11.8 Å². The third-order valence-electron chi connectivity index (χ3n) is 3.78. The average molecular weight is 332 g/mol. The zero-order valence-electron chi connectivity index (χ0n) is 15.1. The normalized spacial score (nSPS) is 13.0. The van der Waals surface area contributed by atoms with E-state index >= 15 is 0 Å². The molecule has 1 aromatic carbocycles. The predicted molar refractivity (Wildman–Crippen MR) is 95.1 cm³/mol. The number of hydrogen-bond donors (Lipinski definition) is 1. The molecule has 0 saturated heterocycles. The highest BCUT2D eigenvalue weighted by atomic mass is 16.5. The molecule has 0 spiro atoms. The van der Waals surface area contributed by atoms with Crippen LogP contribution in [0.4, 0.5) is 5.69 Å². The highest BCUT2D eigenvalue weighted by Crippen LogP contribution is 2.25. The number of nitrogens with one attached hydrogen (secondary N) is 1. The van der Waals surface area contributed by atoms with Gasteiger partial charge in [0, 0.05) is 6.61 Å². The molecule has 1 amide bonds. The van der Waals surface area contributed by atoms with Crippen LogP contribution >= 0.6 is 0 Å². The lowest BCUT2D eigenvalue weighted by Gasteiger charge is -2.28. The molecule has 0 radical (unpaired) electrons. The Morgan fingerprint density at radius 3 is 2.62 bits per heavy atom. The minimum absolute atomic E-state index is 0.225. The number of nitrogens with zero attached hydrogens (tertiary/aromatic N) is 1. The van der Waals surface area contributed by atoms with Gasteiger partial charge in [0.05, 0.1) is 17.9 Å². The number of unbranched alkanes of at least 4 members (excludes halogenated alkanes) is 1. The maximum atomic E-state index is 12.7. The molecule has 0 fully saturated rings. The summed E-state index contributed by atoms with van der Waals surface area (Å²) < 4.78 is 11.2. The summed E-state index contributed by atoms with van der Waals surface area (Å²) in [5.41, 5.74) is -0.0328. The molecule has 0 saturated carbocycles. The molecular weight excluding hydrogens is 304 g/mol. The van der Waals surface area contributed by atoms with Gasteiger partial charge in [-0.1, -0.05) is 26.7 Å². The number of ether oxygens (including phenoxy) is 2. The monoisotopic (exact) mass is 332 g/mol. The van der Waals surface area contributed by atoms with Gasteiger partial charge in [0.1, 0.15) is 17.4 Å². The zero-order chi connectivity index (χ0) is 18.0. The van der Waals surface area contributed by atoms with Crippen LogP contribution in [0, 0.1) is 11.3 Å². The molecule has 5 nitrogen and oxygen atoms in total. The number of nitriles is 1. The zero-order valence-corrected chi connectivity index (χ0v) is 15.1. The smallest absolute Gasteiger partial charge is 0.256 e. The van der Waals surface area contributed by atoms with Crippen molar-refractivity contribution in [3.63, 3.8) is 0 Å². The molecule has 1 atom stereocenters. The quantitative estimate of drug-likeness (QED) is 0.694. The Morgan fingerprint density at radius 1 is 1.29 bits per heavy atom. The van der Waals surface area contributed by atoms with E-state index in [0.717, 1.165) is 19.3 Å². The van der Waals surface area contributed by atoms with Gasteiger partial charge >= 0.3 is 0 Å². The number of benzene rings is 1. The second-order valence-electron chi connectivity index (χ2n) is 5.89. The summed E-state index contributed by atoms with van der Waals surface area (Å²) in [7, 11) is 0. The van der Waals surface area contributed by atoms with E-state index in [-0.39, 0.29) is 5.91 Å². The summed E-state index contributed by atoms with van der Waals surface area (Å²) in [5.74, 6) is 0.404. The molecule has 1 rings (SSSR count). The second kappa shape index (κ2) is 9.94. The molecule has 0 aromatic heterocycles. The van der Waals surface area contributed by atoms with Gasteiger partial charge in [-0.3, -0.25) is 4.79 Å². The Hall–Kier alpha value is -2.06. The molecule has 5 heteroatoms. The maximum absolute atomic E-state index is 12.7. The first-order valence-corrected chi connectivity index (χ1v) is 8.63. The van der Waals surface area contributed by atoms with Crippen LogP contribution in [0.25, 0.3) is 0 Å². The minimum Gasteiger partial charge on any atom is -0.494 e. The Balaban J connectivity index is 2.93. The van der Waals surface area contributed by atoms with Crippen LogP contribution in [0.3, 0.4) is 0 Å². The van der Waals surface area contributed by atoms with Gasteiger partial charge in [-0.15, -0.1) is 0 Å². The average Bonchev–Trinajstić information content (AvgIpc) is 2.59. The van der Waals surface area contributed by atoms with E-state index in [9.17, 15) is 10.1 Å². The summed E-state index contributed by atoms with van der Waals surface area (Å²) >= 11 is 0. The molecule has 24 heavy (non-hydrogen) atoms. The maximum Gasteiger partial charge on any atom is 0.256 e. The van der Waals surface area contributed by atoms with Crippen molar-refractivity contribution in [2.75, 3.05) is 18.5 Å². The third kappa shape index (κ3) is 5.54. The number of hydrogen-bond acceptors (Lipinski definition) is 4. The Morgan fingerprint density at radius 2 is 2.04 bits per heavy atom. The van der Waals surface area contributed by atoms with Crippen LogP contribution in [0.15, 0.2) is 18.2 Å². The highest BCUT2D eigenvalue weighted by Gasteiger charge is 2.33. The first kappa shape index (κ1) is 20.0. The van der Waals surface area contributed by atoms with Crippen molar-refractivity contribution in [3.05, 3.63) is 23.8 Å². The lowest BCUT2D eigenvalue weighted by molar-refractivity contribution is -0.139. The van der Waals surface area contributed by atoms with Crippen LogP contribution in [-0.2, 0) is 9.53 Å². The second-order valence-corrected chi connectivity index (χ2v) is 5.89. The molecule has 0 unspecified atom stereocenters. The van der Waals surface area contributed by atoms with Gasteiger partial charge in [0.25, 0.3) is 5.91 Å². The number of amides is 1. The van der Waals surface area contributed by atoms with Crippen molar-refractivity contribution < 1.29 is 14.3 Å². The lowest BCUT2D eigenvalue weighted by Crippen LogP contribution is -2.43. The standard InChI is InChI=1S/C19H28N2O3/c1-5-8-11-19(4,24-7-3)18(22)21-17-10-9-16(23-12-6-2)13-15(17)14-20/h9-10,13H,5-8,11-12H2,1-4H3,(H,21,22)/t19-/m1/s1. The van der Waals surface area contributed by atoms with Crippen molar-refractivity contribution in [2.45, 2.75) is 59.0 Å². The molecule has 0 aliphatic carbocycles. The van der Waals surface area contributed by atoms with Crippen LogP contribution in [-0.4, -0.2) is 24.7 Å². The van der Waals surface area contributed by atoms with E-state index in [4.69, 9.17) is 9.47 Å². The van der Waals surface area contributed by atoms with Gasteiger partial charge in [-0.2, -0.15) is 5.26 Å². The fraction of sp³-hybridized carbons (Fsp3) is 0.579. The molecule has 1 N–H and O–H groups in total. The fourth-order valence-electron chi connectivity index (χ4n) is 2.37. The highest BCUT2D eigenvalue weighted by molar-refractivity contribution is 5.98. The van der Waals surface area contributed by atoms with Crippen molar-refractivity contribution in [1.29, 1.82) is 5.26 Å². The Kier molecular flexibility index (Phi) is 8.28. The summed E-state index contributed by atoms with van der Waals surface area (Å²) in [6.45, 7) is 8.82. The lowest BCUT2D eigenvalue weighted by atomic mass is 9.97. The van der Waals surface area contributed by atoms with Gasteiger partial charge in [0.15, 0.2) is 0 Å². The van der Waals surface area contributed by atoms with E-state index in [1.54, 1.807) is 25.1 Å². The number of carbonyl (C=O) groups is 1. The number of rotatable bonds is 10. The number of anilines is 1. The predicted octanol–water partition coefficient (Wildman–Crippen LogP) is 4.27. The summed E-state index contributed by atoms with van der Waals surface area (Å²) in [6.07, 6.45) is 3.43. The minimum atomic E-state index is -0.894. The van der Waals surface area contributed by atoms with E-state index in [2.05, 4.69) is 18.3 Å². The SMILES string of the molecule is CCCC[C@@](C)(OCC)C(=O)Nc1ccc(OCCC)cc1C#N. The molecular formula is C19H28N2O3. The molecule has 1 aromatic rings. The van der Waals surface area contributed by atoms with Crippen LogP contribution in [0.1, 0.15) is 58.9 Å². The van der Waals surface area contributed by atoms with Gasteiger partial charge < -0.3 is 14.8 Å². The first-order valence-electron chi connectivity index (χ1n) is 8.63. The van der Waals surface area contributed by atoms with Crippen LogP contribution < -0.4 is 10.1 Å². The topological polar surface area (TPSA) is 71.3 Å². The summed E-state index contributed by atoms with van der Waals surface area (Å²) in [6, 6.07) is 7.22. The largest absolute Gasteiger partial charge is 0.494 e.